The summed E-state index contributed by atoms with van der Waals surface area (Å²) in [6.45, 7) is 3.47. The number of amides is 2. The van der Waals surface area contributed by atoms with Gasteiger partial charge in [0.05, 0.1) is 4.92 Å². The third kappa shape index (κ3) is 3.85. The third-order valence-corrected chi connectivity index (χ3v) is 1.96. The van der Waals surface area contributed by atoms with Crippen molar-refractivity contribution in [2.75, 3.05) is 5.32 Å². The molecule has 0 saturated carbocycles. The second-order valence-electron chi connectivity index (χ2n) is 3.89. The van der Waals surface area contributed by atoms with Gasteiger partial charge in [-0.1, -0.05) is 0 Å². The normalized spacial score (nSPS) is 9.94. The van der Waals surface area contributed by atoms with Crippen molar-refractivity contribution in [3.63, 3.8) is 0 Å². The fraction of sp³-hybridized carbons (Fsp3) is 0.273. The number of hydrogen-bond donors (Lipinski definition) is 2. The average Bonchev–Trinajstić information content (AvgIpc) is 2.28. The van der Waals surface area contributed by atoms with E-state index >= 15 is 0 Å². The van der Waals surface area contributed by atoms with Gasteiger partial charge in [-0.15, -0.1) is 0 Å². The van der Waals surface area contributed by atoms with Crippen LogP contribution in [0.3, 0.4) is 0 Å². The number of nitrogens with one attached hydrogen (secondary N) is 2. The fourth-order valence-corrected chi connectivity index (χ4v) is 1.18. The van der Waals surface area contributed by atoms with Crippen molar-refractivity contribution in [3.05, 3.63) is 34.4 Å². The zero-order valence-electron chi connectivity index (χ0n) is 9.97. The molecule has 0 aliphatic heterocycles. The van der Waals surface area contributed by atoms with E-state index in [0.717, 1.165) is 0 Å². The van der Waals surface area contributed by atoms with E-state index in [-0.39, 0.29) is 11.7 Å². The lowest BCUT2D eigenvalue weighted by Gasteiger charge is -2.08. The van der Waals surface area contributed by atoms with Crippen molar-refractivity contribution in [2.24, 2.45) is 0 Å². The van der Waals surface area contributed by atoms with Crippen molar-refractivity contribution < 1.29 is 14.5 Å². The van der Waals surface area contributed by atoms with Crippen LogP contribution >= 0.6 is 0 Å². The van der Waals surface area contributed by atoms with Gasteiger partial charge in [0, 0.05) is 23.9 Å². The molecule has 18 heavy (non-hydrogen) atoms. The zero-order valence-corrected chi connectivity index (χ0v) is 9.97. The van der Waals surface area contributed by atoms with Crippen LogP contribution in [0.2, 0.25) is 0 Å². The molecule has 0 heterocycles. The molecule has 0 bridgehead atoms. The summed E-state index contributed by atoms with van der Waals surface area (Å²) < 4.78 is 0. The maximum absolute atomic E-state index is 11.4. The van der Waals surface area contributed by atoms with Crippen LogP contribution in [-0.4, -0.2) is 22.8 Å². The predicted molar refractivity (Wildman–Crippen MR) is 65.0 cm³/mol. The summed E-state index contributed by atoms with van der Waals surface area (Å²) in [5.74, 6) is -1.55. The van der Waals surface area contributed by atoms with E-state index in [1.165, 1.54) is 24.3 Å². The Hall–Kier alpha value is -2.44. The summed E-state index contributed by atoms with van der Waals surface area (Å²) in [6.07, 6.45) is 0. The van der Waals surface area contributed by atoms with Gasteiger partial charge in [0.25, 0.3) is 5.69 Å². The quantitative estimate of drug-likeness (QED) is 0.476. The van der Waals surface area contributed by atoms with Crippen molar-refractivity contribution in [1.82, 2.24) is 5.32 Å². The Morgan fingerprint density at radius 2 is 1.72 bits per heavy atom. The van der Waals surface area contributed by atoms with Crippen LogP contribution in [-0.2, 0) is 9.59 Å². The fourth-order valence-electron chi connectivity index (χ4n) is 1.18. The standard InChI is InChI=1S/C11H13N3O4/c1-7(2)12-10(15)11(16)13-8-3-5-9(6-4-8)14(17)18/h3-7H,1-2H3,(H,12,15)(H,13,16). The largest absolute Gasteiger partial charge is 0.346 e. The monoisotopic (exact) mass is 251 g/mol. The molecular formula is C11H13N3O4. The number of carbonyl (C=O) groups excluding carboxylic acids is 2. The number of nitro groups is 1. The van der Waals surface area contributed by atoms with Crippen LogP contribution in [0, 0.1) is 10.1 Å². The Balaban J connectivity index is 2.65. The molecule has 7 nitrogen and oxygen atoms in total. The molecule has 1 rings (SSSR count). The summed E-state index contributed by atoms with van der Waals surface area (Å²) in [4.78, 5) is 32.6. The van der Waals surface area contributed by atoms with Crippen molar-refractivity contribution in [3.8, 4) is 0 Å². The highest BCUT2D eigenvalue weighted by Crippen LogP contribution is 2.15. The molecule has 2 N–H and O–H groups in total. The smallest absolute Gasteiger partial charge is 0.313 e. The predicted octanol–water partition coefficient (Wildman–Crippen LogP) is 1.06. The van der Waals surface area contributed by atoms with Gasteiger partial charge in [-0.05, 0) is 26.0 Å². The maximum atomic E-state index is 11.4. The average molecular weight is 251 g/mol. The van der Waals surface area contributed by atoms with E-state index < -0.39 is 16.7 Å². The minimum atomic E-state index is -0.808. The lowest BCUT2D eigenvalue weighted by molar-refractivity contribution is -0.384. The van der Waals surface area contributed by atoms with Crippen LogP contribution < -0.4 is 10.6 Å². The molecule has 0 spiro atoms. The Morgan fingerprint density at radius 1 is 1.17 bits per heavy atom. The highest BCUT2D eigenvalue weighted by atomic mass is 16.6. The first-order valence-electron chi connectivity index (χ1n) is 5.26. The summed E-state index contributed by atoms with van der Waals surface area (Å²) in [7, 11) is 0. The number of rotatable bonds is 3. The van der Waals surface area contributed by atoms with Crippen LogP contribution in [0.4, 0.5) is 11.4 Å². The van der Waals surface area contributed by atoms with E-state index in [2.05, 4.69) is 10.6 Å². The summed E-state index contributed by atoms with van der Waals surface area (Å²) in [5.41, 5.74) is 0.240. The van der Waals surface area contributed by atoms with Gasteiger partial charge in [-0.3, -0.25) is 19.7 Å². The van der Waals surface area contributed by atoms with Crippen molar-refractivity contribution in [1.29, 1.82) is 0 Å². The Morgan fingerprint density at radius 3 is 2.17 bits per heavy atom. The highest BCUT2D eigenvalue weighted by molar-refractivity contribution is 6.39. The number of carbonyl (C=O) groups is 2. The van der Waals surface area contributed by atoms with Gasteiger partial charge in [0.1, 0.15) is 0 Å². The molecule has 0 aliphatic carbocycles. The molecule has 0 saturated heterocycles. The van der Waals surface area contributed by atoms with E-state index in [0.29, 0.717) is 5.69 Å². The SMILES string of the molecule is CC(C)NC(=O)C(=O)Nc1ccc([N+](=O)[O-])cc1. The lowest BCUT2D eigenvalue weighted by Crippen LogP contribution is -2.39. The zero-order chi connectivity index (χ0) is 13.7. The number of benzene rings is 1. The van der Waals surface area contributed by atoms with Gasteiger partial charge in [-0.25, -0.2) is 0 Å². The summed E-state index contributed by atoms with van der Waals surface area (Å²) in [5, 5.41) is 15.2. The Bertz CT molecular complexity index is 468. The van der Waals surface area contributed by atoms with E-state index in [1.54, 1.807) is 13.8 Å². The number of hydrogen-bond acceptors (Lipinski definition) is 4. The van der Waals surface area contributed by atoms with E-state index in [1.807, 2.05) is 0 Å². The molecule has 0 fully saturated rings. The summed E-state index contributed by atoms with van der Waals surface area (Å²) in [6, 6.07) is 5.07. The molecular weight excluding hydrogens is 238 g/mol. The van der Waals surface area contributed by atoms with E-state index in [4.69, 9.17) is 0 Å². The molecule has 2 amide bonds. The highest BCUT2D eigenvalue weighted by Gasteiger charge is 2.14. The topological polar surface area (TPSA) is 101 Å². The maximum Gasteiger partial charge on any atom is 0.313 e. The summed E-state index contributed by atoms with van der Waals surface area (Å²) >= 11 is 0. The molecule has 7 heteroatoms. The minimum absolute atomic E-state index is 0.0837. The van der Waals surface area contributed by atoms with Crippen LogP contribution in [0.25, 0.3) is 0 Å². The Labute approximate surface area is 103 Å². The van der Waals surface area contributed by atoms with Crippen LogP contribution in [0.5, 0.6) is 0 Å². The minimum Gasteiger partial charge on any atom is -0.346 e. The molecule has 96 valence electrons. The van der Waals surface area contributed by atoms with Crippen molar-refractivity contribution in [2.45, 2.75) is 19.9 Å². The molecule has 0 radical (unpaired) electrons. The van der Waals surface area contributed by atoms with Crippen LogP contribution in [0.1, 0.15) is 13.8 Å². The first-order chi connectivity index (χ1) is 8.40. The van der Waals surface area contributed by atoms with Gasteiger partial charge >= 0.3 is 11.8 Å². The number of nitro benzene ring substituents is 1. The number of nitrogens with zero attached hydrogens (tertiary/aromatic N) is 1. The number of non-ortho nitro benzene ring substituents is 1. The molecule has 0 aliphatic rings. The van der Waals surface area contributed by atoms with Gasteiger partial charge in [-0.2, -0.15) is 0 Å². The third-order valence-electron chi connectivity index (χ3n) is 1.96. The molecule has 0 unspecified atom stereocenters. The van der Waals surface area contributed by atoms with E-state index in [9.17, 15) is 19.7 Å². The first kappa shape index (κ1) is 13.6. The number of anilines is 1. The molecule has 1 aromatic carbocycles. The van der Waals surface area contributed by atoms with Crippen molar-refractivity contribution >= 4 is 23.2 Å². The second-order valence-corrected chi connectivity index (χ2v) is 3.89. The second kappa shape index (κ2) is 5.76. The van der Waals surface area contributed by atoms with Gasteiger partial charge < -0.3 is 10.6 Å². The molecule has 0 aromatic heterocycles. The van der Waals surface area contributed by atoms with Gasteiger partial charge in [0.2, 0.25) is 0 Å². The lowest BCUT2D eigenvalue weighted by atomic mass is 10.3. The first-order valence-corrected chi connectivity index (χ1v) is 5.26. The molecule has 1 aromatic rings. The van der Waals surface area contributed by atoms with Crippen LogP contribution in [0.15, 0.2) is 24.3 Å². The van der Waals surface area contributed by atoms with Gasteiger partial charge in [0.15, 0.2) is 0 Å². The Kier molecular flexibility index (Phi) is 4.36. The molecule has 0 atom stereocenters.